The SMILES string of the molecule is [CH2-][NH+]1CCC(N)CC1. The summed E-state index contributed by atoms with van der Waals surface area (Å²) in [4.78, 5) is 1.38. The summed E-state index contributed by atoms with van der Waals surface area (Å²) in [6, 6.07) is 0.459. The molecule has 0 amide bonds. The van der Waals surface area contributed by atoms with Crippen molar-refractivity contribution in [3.05, 3.63) is 7.05 Å². The highest BCUT2D eigenvalue weighted by Gasteiger charge is 2.11. The van der Waals surface area contributed by atoms with Crippen LogP contribution in [0.5, 0.6) is 0 Å². The molecule has 1 rings (SSSR count). The topological polar surface area (TPSA) is 30.5 Å². The van der Waals surface area contributed by atoms with Crippen molar-refractivity contribution in [3.8, 4) is 0 Å². The molecule has 48 valence electrons. The summed E-state index contributed by atoms with van der Waals surface area (Å²) in [5.41, 5.74) is 5.66. The van der Waals surface area contributed by atoms with E-state index in [1.807, 2.05) is 0 Å². The highest BCUT2D eigenvalue weighted by Crippen LogP contribution is 1.92. The van der Waals surface area contributed by atoms with Gasteiger partial charge in [-0.3, -0.25) is 0 Å². The Labute approximate surface area is 50.7 Å². The summed E-state index contributed by atoms with van der Waals surface area (Å²) >= 11 is 0. The first-order valence-corrected chi connectivity index (χ1v) is 3.21. The fourth-order valence-electron chi connectivity index (χ4n) is 1.05. The van der Waals surface area contributed by atoms with Crippen LogP contribution in [0.2, 0.25) is 0 Å². The Morgan fingerprint density at radius 1 is 1.38 bits per heavy atom. The van der Waals surface area contributed by atoms with Crippen LogP contribution in [0.1, 0.15) is 12.8 Å². The van der Waals surface area contributed by atoms with Crippen LogP contribution in [-0.2, 0) is 0 Å². The molecule has 0 radical (unpaired) electrons. The molecule has 0 saturated carbocycles. The lowest BCUT2D eigenvalue weighted by Crippen LogP contribution is -3.08. The fourth-order valence-corrected chi connectivity index (χ4v) is 1.05. The van der Waals surface area contributed by atoms with Gasteiger partial charge in [-0.2, -0.15) is 7.05 Å². The van der Waals surface area contributed by atoms with Crippen LogP contribution in [-0.4, -0.2) is 19.1 Å². The molecule has 1 aliphatic rings. The maximum absolute atomic E-state index is 5.66. The number of nitrogens with one attached hydrogen (secondary N) is 1. The van der Waals surface area contributed by atoms with Gasteiger partial charge in [0.25, 0.3) is 0 Å². The van der Waals surface area contributed by atoms with Crippen molar-refractivity contribution in [2.24, 2.45) is 5.73 Å². The lowest BCUT2D eigenvalue weighted by atomic mass is 10.1. The third-order valence-corrected chi connectivity index (χ3v) is 1.74. The minimum atomic E-state index is 0.459. The summed E-state index contributed by atoms with van der Waals surface area (Å²) in [5, 5.41) is 0. The first kappa shape index (κ1) is 6.05. The molecule has 0 spiro atoms. The zero-order chi connectivity index (χ0) is 5.98. The van der Waals surface area contributed by atoms with Gasteiger partial charge in [-0.1, -0.05) is 0 Å². The molecule has 0 aliphatic carbocycles. The van der Waals surface area contributed by atoms with E-state index in [4.69, 9.17) is 5.73 Å². The largest absolute Gasteiger partial charge is 0.468 e. The number of likely N-dealkylation sites (tertiary alicyclic amines) is 1. The van der Waals surface area contributed by atoms with E-state index in [9.17, 15) is 0 Å². The molecule has 0 unspecified atom stereocenters. The number of quaternary nitrogens is 1. The van der Waals surface area contributed by atoms with E-state index in [2.05, 4.69) is 7.05 Å². The number of hydrogen-bond acceptors (Lipinski definition) is 1. The highest BCUT2D eigenvalue weighted by atomic mass is 15.1. The van der Waals surface area contributed by atoms with E-state index in [-0.39, 0.29) is 0 Å². The average Bonchev–Trinajstić information content (AvgIpc) is 1.77. The summed E-state index contributed by atoms with van der Waals surface area (Å²) in [7, 11) is 3.89. The second-order valence-corrected chi connectivity index (χ2v) is 2.59. The molecule has 1 heterocycles. The molecule has 0 aromatic carbocycles. The molecule has 1 aliphatic heterocycles. The fraction of sp³-hybridized carbons (Fsp3) is 0.833. The molecular formula is C6H14N2. The Kier molecular flexibility index (Phi) is 1.86. The van der Waals surface area contributed by atoms with Crippen molar-refractivity contribution in [1.29, 1.82) is 0 Å². The summed E-state index contributed by atoms with van der Waals surface area (Å²) in [6.45, 7) is 2.31. The molecule has 8 heavy (non-hydrogen) atoms. The molecule has 2 heteroatoms. The summed E-state index contributed by atoms with van der Waals surface area (Å²) in [5.74, 6) is 0. The predicted octanol–water partition coefficient (Wildman–Crippen LogP) is -1.22. The smallest absolute Gasteiger partial charge is 0.0545 e. The highest BCUT2D eigenvalue weighted by molar-refractivity contribution is 4.62. The number of hydrogen-bond donors (Lipinski definition) is 2. The van der Waals surface area contributed by atoms with E-state index in [0.29, 0.717) is 6.04 Å². The molecule has 0 atom stereocenters. The van der Waals surface area contributed by atoms with Gasteiger partial charge in [0.15, 0.2) is 0 Å². The molecule has 1 fully saturated rings. The second-order valence-electron chi connectivity index (χ2n) is 2.59. The molecule has 0 aromatic heterocycles. The van der Waals surface area contributed by atoms with Crippen molar-refractivity contribution in [1.82, 2.24) is 0 Å². The minimum absolute atomic E-state index is 0.459. The van der Waals surface area contributed by atoms with Crippen LogP contribution in [0, 0.1) is 7.05 Å². The maximum Gasteiger partial charge on any atom is 0.0545 e. The van der Waals surface area contributed by atoms with Crippen LogP contribution in [0.25, 0.3) is 0 Å². The average molecular weight is 114 g/mol. The quantitative estimate of drug-likeness (QED) is 0.380. The number of rotatable bonds is 0. The van der Waals surface area contributed by atoms with Gasteiger partial charge in [0, 0.05) is 18.9 Å². The first-order valence-electron chi connectivity index (χ1n) is 3.21. The van der Waals surface area contributed by atoms with E-state index in [1.54, 1.807) is 0 Å². The first-order chi connectivity index (χ1) is 3.79. The van der Waals surface area contributed by atoms with E-state index in [1.165, 1.54) is 4.90 Å². The lowest BCUT2D eigenvalue weighted by Gasteiger charge is -2.28. The van der Waals surface area contributed by atoms with Gasteiger partial charge in [0.05, 0.1) is 13.1 Å². The lowest BCUT2D eigenvalue weighted by molar-refractivity contribution is -0.859. The Morgan fingerprint density at radius 3 is 2.25 bits per heavy atom. The maximum atomic E-state index is 5.66. The van der Waals surface area contributed by atoms with Gasteiger partial charge in [0.2, 0.25) is 0 Å². The van der Waals surface area contributed by atoms with Crippen LogP contribution >= 0.6 is 0 Å². The summed E-state index contributed by atoms with van der Waals surface area (Å²) in [6.07, 6.45) is 2.30. The van der Waals surface area contributed by atoms with E-state index < -0.39 is 0 Å². The number of piperidine rings is 1. The third kappa shape index (κ3) is 1.46. The molecular weight excluding hydrogens is 100 g/mol. The van der Waals surface area contributed by atoms with Crippen LogP contribution in [0.4, 0.5) is 0 Å². The summed E-state index contributed by atoms with van der Waals surface area (Å²) < 4.78 is 0. The zero-order valence-electron chi connectivity index (χ0n) is 5.19. The van der Waals surface area contributed by atoms with Crippen LogP contribution in [0.15, 0.2) is 0 Å². The normalized spacial score (nSPS) is 39.8. The van der Waals surface area contributed by atoms with Gasteiger partial charge in [0.1, 0.15) is 0 Å². The Bertz CT molecular complexity index is 54.9. The molecule has 0 bridgehead atoms. The van der Waals surface area contributed by atoms with Crippen molar-refractivity contribution < 1.29 is 4.90 Å². The van der Waals surface area contributed by atoms with Crippen molar-refractivity contribution in [2.45, 2.75) is 18.9 Å². The van der Waals surface area contributed by atoms with Crippen molar-refractivity contribution in [2.75, 3.05) is 13.1 Å². The molecule has 3 N–H and O–H groups in total. The van der Waals surface area contributed by atoms with E-state index >= 15 is 0 Å². The number of nitrogens with two attached hydrogens (primary N) is 1. The van der Waals surface area contributed by atoms with Crippen LogP contribution < -0.4 is 10.6 Å². The molecule has 0 aromatic rings. The van der Waals surface area contributed by atoms with E-state index in [0.717, 1.165) is 25.9 Å². The minimum Gasteiger partial charge on any atom is -0.468 e. The third-order valence-electron chi connectivity index (χ3n) is 1.74. The zero-order valence-corrected chi connectivity index (χ0v) is 5.19. The second kappa shape index (κ2) is 2.46. The van der Waals surface area contributed by atoms with Gasteiger partial charge in [-0.05, 0) is 0 Å². The monoisotopic (exact) mass is 114 g/mol. The predicted molar refractivity (Wildman–Crippen MR) is 33.3 cm³/mol. The van der Waals surface area contributed by atoms with Gasteiger partial charge >= 0.3 is 0 Å². The standard InChI is InChI=1S/C6H14N2/c1-8-4-2-6(7)3-5-8/h6,8H,1-5,7H2. The molecule has 1 saturated heterocycles. The van der Waals surface area contributed by atoms with Gasteiger partial charge in [-0.15, -0.1) is 0 Å². The van der Waals surface area contributed by atoms with Crippen LogP contribution in [0.3, 0.4) is 0 Å². The molecule has 2 nitrogen and oxygen atoms in total. The van der Waals surface area contributed by atoms with Crippen molar-refractivity contribution >= 4 is 0 Å². The Balaban J connectivity index is 2.19. The van der Waals surface area contributed by atoms with Crippen molar-refractivity contribution in [3.63, 3.8) is 0 Å². The Hall–Kier alpha value is -0.0800. The van der Waals surface area contributed by atoms with Gasteiger partial charge in [-0.25, -0.2) is 0 Å². The van der Waals surface area contributed by atoms with Gasteiger partial charge < -0.3 is 10.6 Å². The Morgan fingerprint density at radius 2 is 1.88 bits per heavy atom.